The predicted molar refractivity (Wildman–Crippen MR) is 72.0 cm³/mol. The number of aryl methyl sites for hydroxylation is 1. The summed E-state index contributed by atoms with van der Waals surface area (Å²) in [5.74, 6) is 0. The van der Waals surface area contributed by atoms with Crippen molar-refractivity contribution in [3.8, 4) is 11.3 Å². The van der Waals surface area contributed by atoms with Gasteiger partial charge in [-0.1, -0.05) is 0 Å². The van der Waals surface area contributed by atoms with Gasteiger partial charge in [0.2, 0.25) is 0 Å². The van der Waals surface area contributed by atoms with Crippen molar-refractivity contribution >= 4 is 11.2 Å². The zero-order chi connectivity index (χ0) is 13.4. The zero-order valence-electron chi connectivity index (χ0n) is 10.3. The number of nitro groups is 1. The molecule has 0 radical (unpaired) electrons. The average molecular weight is 253 g/mol. The summed E-state index contributed by atoms with van der Waals surface area (Å²) in [5.41, 5.74) is 3.68. The molecular formula is C14H11N3O2. The van der Waals surface area contributed by atoms with Crippen LogP contribution in [0.2, 0.25) is 0 Å². The largest absolute Gasteiger partial charge is 0.320 e. The number of fused-ring (bicyclic) bond motifs is 1. The van der Waals surface area contributed by atoms with Gasteiger partial charge in [0.25, 0.3) is 5.69 Å². The summed E-state index contributed by atoms with van der Waals surface area (Å²) in [5, 5.41) is 10.7. The molecule has 19 heavy (non-hydrogen) atoms. The third-order valence-electron chi connectivity index (χ3n) is 2.99. The minimum atomic E-state index is -0.402. The highest BCUT2D eigenvalue weighted by Gasteiger charge is 2.09. The smallest absolute Gasteiger partial charge is 0.269 e. The second kappa shape index (κ2) is 4.20. The number of benzene rings is 1. The molecule has 0 atom stereocenters. The first-order chi connectivity index (χ1) is 9.15. The van der Waals surface area contributed by atoms with E-state index in [1.807, 2.05) is 35.9 Å². The molecule has 0 unspecified atom stereocenters. The summed E-state index contributed by atoms with van der Waals surface area (Å²) in [4.78, 5) is 14.8. The van der Waals surface area contributed by atoms with Crippen LogP contribution in [-0.4, -0.2) is 14.3 Å². The fourth-order valence-electron chi connectivity index (χ4n) is 2.12. The molecule has 0 amide bonds. The monoisotopic (exact) mass is 253 g/mol. The van der Waals surface area contributed by atoms with Gasteiger partial charge in [-0.05, 0) is 31.2 Å². The van der Waals surface area contributed by atoms with Gasteiger partial charge in [0, 0.05) is 30.1 Å². The number of aromatic nitrogens is 2. The Morgan fingerprint density at radius 1 is 1.21 bits per heavy atom. The first kappa shape index (κ1) is 11.4. The molecule has 0 saturated carbocycles. The summed E-state index contributed by atoms with van der Waals surface area (Å²) >= 11 is 0. The normalized spacial score (nSPS) is 10.8. The Kier molecular flexibility index (Phi) is 2.52. The third kappa shape index (κ3) is 1.95. The first-order valence-electron chi connectivity index (χ1n) is 5.84. The van der Waals surface area contributed by atoms with Crippen molar-refractivity contribution in [1.29, 1.82) is 0 Å². The van der Waals surface area contributed by atoms with Crippen LogP contribution >= 0.6 is 0 Å². The van der Waals surface area contributed by atoms with Crippen LogP contribution in [0.4, 0.5) is 5.69 Å². The van der Waals surface area contributed by atoms with Crippen molar-refractivity contribution in [2.75, 3.05) is 0 Å². The van der Waals surface area contributed by atoms with Gasteiger partial charge in [0.15, 0.2) is 0 Å². The standard InChI is InChI=1S/C14H11N3O2/c1-10-9-16-8-2-3-13(16)14(15-10)11-4-6-12(7-5-11)17(18)19/h2-9H,1H3. The fraction of sp³-hybridized carbons (Fsp3) is 0.0714. The molecule has 3 rings (SSSR count). The van der Waals surface area contributed by atoms with Crippen LogP contribution < -0.4 is 0 Å². The van der Waals surface area contributed by atoms with Gasteiger partial charge in [-0.15, -0.1) is 0 Å². The summed E-state index contributed by atoms with van der Waals surface area (Å²) in [7, 11) is 0. The Hall–Kier alpha value is -2.69. The lowest BCUT2D eigenvalue weighted by molar-refractivity contribution is -0.384. The number of non-ortho nitro benzene ring substituents is 1. The summed E-state index contributed by atoms with van der Waals surface area (Å²) in [6.07, 6.45) is 3.91. The molecule has 0 spiro atoms. The van der Waals surface area contributed by atoms with Gasteiger partial charge in [-0.25, -0.2) is 4.98 Å². The van der Waals surface area contributed by atoms with Gasteiger partial charge >= 0.3 is 0 Å². The van der Waals surface area contributed by atoms with Crippen molar-refractivity contribution in [2.24, 2.45) is 0 Å². The van der Waals surface area contributed by atoms with E-state index in [1.165, 1.54) is 12.1 Å². The Morgan fingerprint density at radius 3 is 2.63 bits per heavy atom. The van der Waals surface area contributed by atoms with Crippen molar-refractivity contribution in [3.05, 3.63) is 64.6 Å². The molecule has 0 saturated heterocycles. The summed E-state index contributed by atoms with van der Waals surface area (Å²) in [6, 6.07) is 10.4. The van der Waals surface area contributed by atoms with Gasteiger partial charge in [0.1, 0.15) is 0 Å². The molecule has 2 heterocycles. The highest BCUT2D eigenvalue weighted by Crippen LogP contribution is 2.25. The van der Waals surface area contributed by atoms with E-state index < -0.39 is 4.92 Å². The summed E-state index contributed by atoms with van der Waals surface area (Å²) in [6.45, 7) is 1.92. The van der Waals surface area contributed by atoms with E-state index in [1.54, 1.807) is 12.1 Å². The molecular weight excluding hydrogens is 242 g/mol. The van der Waals surface area contributed by atoms with E-state index in [0.29, 0.717) is 0 Å². The molecule has 0 aliphatic heterocycles. The molecule has 0 fully saturated rings. The van der Waals surface area contributed by atoms with Gasteiger partial charge in [0.05, 0.1) is 21.8 Å². The van der Waals surface area contributed by atoms with Crippen molar-refractivity contribution < 1.29 is 4.92 Å². The molecule has 5 nitrogen and oxygen atoms in total. The lowest BCUT2D eigenvalue weighted by Gasteiger charge is -2.06. The first-order valence-corrected chi connectivity index (χ1v) is 5.84. The maximum atomic E-state index is 10.7. The topological polar surface area (TPSA) is 60.4 Å². The van der Waals surface area contributed by atoms with E-state index in [-0.39, 0.29) is 5.69 Å². The Morgan fingerprint density at radius 2 is 1.95 bits per heavy atom. The minimum absolute atomic E-state index is 0.0859. The Labute approximate surface area is 109 Å². The van der Waals surface area contributed by atoms with Crippen LogP contribution in [0, 0.1) is 17.0 Å². The maximum Gasteiger partial charge on any atom is 0.269 e. The van der Waals surface area contributed by atoms with Crippen LogP contribution in [0.25, 0.3) is 16.8 Å². The van der Waals surface area contributed by atoms with Crippen molar-refractivity contribution in [1.82, 2.24) is 9.38 Å². The van der Waals surface area contributed by atoms with Crippen molar-refractivity contribution in [3.63, 3.8) is 0 Å². The van der Waals surface area contributed by atoms with E-state index in [0.717, 1.165) is 22.5 Å². The SMILES string of the molecule is Cc1cn2cccc2c(-c2ccc([N+](=O)[O-])cc2)n1. The highest BCUT2D eigenvalue weighted by molar-refractivity contribution is 5.77. The number of nitro benzene ring substituents is 1. The van der Waals surface area contributed by atoms with E-state index in [2.05, 4.69) is 4.98 Å². The number of rotatable bonds is 2. The van der Waals surface area contributed by atoms with E-state index in [4.69, 9.17) is 0 Å². The molecule has 1 aromatic carbocycles. The molecule has 2 aromatic heterocycles. The van der Waals surface area contributed by atoms with Gasteiger partial charge in [-0.2, -0.15) is 0 Å². The average Bonchev–Trinajstić information content (AvgIpc) is 2.85. The van der Waals surface area contributed by atoms with Crippen molar-refractivity contribution in [2.45, 2.75) is 6.92 Å². The second-order valence-corrected chi connectivity index (χ2v) is 4.34. The van der Waals surface area contributed by atoms with Crippen LogP contribution in [0.5, 0.6) is 0 Å². The number of hydrogen-bond acceptors (Lipinski definition) is 3. The lowest BCUT2D eigenvalue weighted by atomic mass is 10.1. The number of hydrogen-bond donors (Lipinski definition) is 0. The van der Waals surface area contributed by atoms with Gasteiger partial charge < -0.3 is 4.40 Å². The van der Waals surface area contributed by atoms with Crippen LogP contribution in [0.3, 0.4) is 0 Å². The quantitative estimate of drug-likeness (QED) is 0.520. The minimum Gasteiger partial charge on any atom is -0.320 e. The fourth-order valence-corrected chi connectivity index (χ4v) is 2.12. The lowest BCUT2D eigenvalue weighted by Crippen LogP contribution is -1.94. The molecule has 0 aliphatic rings. The van der Waals surface area contributed by atoms with E-state index >= 15 is 0 Å². The molecule has 0 N–H and O–H groups in total. The molecule has 0 bridgehead atoms. The second-order valence-electron chi connectivity index (χ2n) is 4.34. The Bertz CT molecular complexity index is 760. The Balaban J connectivity index is 2.18. The van der Waals surface area contributed by atoms with Crippen LogP contribution in [0.1, 0.15) is 5.69 Å². The molecule has 94 valence electrons. The van der Waals surface area contributed by atoms with Gasteiger partial charge in [-0.3, -0.25) is 10.1 Å². The maximum absolute atomic E-state index is 10.7. The predicted octanol–water partition coefficient (Wildman–Crippen LogP) is 3.22. The molecule has 3 aromatic rings. The van der Waals surface area contributed by atoms with E-state index in [9.17, 15) is 10.1 Å². The van der Waals surface area contributed by atoms with Crippen LogP contribution in [-0.2, 0) is 0 Å². The number of nitrogens with zero attached hydrogens (tertiary/aromatic N) is 3. The molecule has 5 heteroatoms. The zero-order valence-corrected chi connectivity index (χ0v) is 10.3. The third-order valence-corrected chi connectivity index (χ3v) is 2.99. The molecule has 0 aliphatic carbocycles. The highest BCUT2D eigenvalue weighted by atomic mass is 16.6. The summed E-state index contributed by atoms with van der Waals surface area (Å²) < 4.78 is 2.00. The van der Waals surface area contributed by atoms with Crippen LogP contribution in [0.15, 0.2) is 48.8 Å².